The Balaban J connectivity index is 1.69. The molecule has 8 heteroatoms. The Morgan fingerprint density at radius 3 is 2.44 bits per heavy atom. The van der Waals surface area contributed by atoms with Crippen LogP contribution in [0.25, 0.3) is 11.0 Å². The lowest BCUT2D eigenvalue weighted by atomic mass is 9.92. The first-order valence-electron chi connectivity index (χ1n) is 10.3. The van der Waals surface area contributed by atoms with Crippen LogP contribution in [0.15, 0.2) is 87.0 Å². The van der Waals surface area contributed by atoms with E-state index in [1.54, 1.807) is 36.4 Å². The maximum absolute atomic E-state index is 13.7. The molecule has 4 aromatic rings. The molecule has 1 atom stereocenters. The average molecular weight is 557 g/mol. The molecule has 0 bridgehead atoms. The minimum atomic E-state index is -0.907. The Kier molecular flexibility index (Phi) is 5.76. The van der Waals surface area contributed by atoms with E-state index in [-0.39, 0.29) is 11.3 Å². The third-order valence-electron chi connectivity index (χ3n) is 5.76. The van der Waals surface area contributed by atoms with Crippen LogP contribution in [0, 0.1) is 6.92 Å². The topological polar surface area (TPSA) is 70.7 Å². The summed E-state index contributed by atoms with van der Waals surface area (Å²) in [5, 5.41) is 12.3. The molecule has 0 aliphatic carbocycles. The van der Waals surface area contributed by atoms with E-state index in [0.29, 0.717) is 32.3 Å². The fourth-order valence-electron chi connectivity index (χ4n) is 4.23. The number of amides is 1. The van der Waals surface area contributed by atoms with Crippen molar-refractivity contribution in [3.63, 3.8) is 0 Å². The molecule has 170 valence electrons. The summed E-state index contributed by atoms with van der Waals surface area (Å²) in [6.07, 6.45) is 0. The van der Waals surface area contributed by atoms with Gasteiger partial charge in [0.1, 0.15) is 5.58 Å². The molecule has 0 saturated heterocycles. The minimum Gasteiger partial charge on any atom is -0.503 e. The fourth-order valence-corrected chi connectivity index (χ4v) is 5.12. The van der Waals surface area contributed by atoms with Gasteiger partial charge < -0.3 is 9.52 Å². The molecule has 1 aliphatic heterocycles. The highest BCUT2D eigenvalue weighted by molar-refractivity contribution is 9.10. The molecule has 1 amide bonds. The minimum absolute atomic E-state index is 0.0204. The molecule has 5 nitrogen and oxygen atoms in total. The van der Waals surface area contributed by atoms with Crippen LogP contribution in [-0.4, -0.2) is 16.8 Å². The third-order valence-corrected chi connectivity index (χ3v) is 6.69. The van der Waals surface area contributed by atoms with E-state index in [0.717, 1.165) is 10.0 Å². The van der Waals surface area contributed by atoms with Crippen LogP contribution in [0.1, 0.15) is 27.7 Å². The molecular weight excluding hydrogens is 541 g/mol. The van der Waals surface area contributed by atoms with Gasteiger partial charge in [0.15, 0.2) is 11.5 Å². The van der Waals surface area contributed by atoms with Crippen LogP contribution < -0.4 is 4.90 Å². The van der Waals surface area contributed by atoms with Crippen LogP contribution in [0.4, 0.5) is 5.69 Å². The van der Waals surface area contributed by atoms with E-state index in [9.17, 15) is 14.7 Å². The number of carbonyl (C=O) groups excluding carboxylic acids is 2. The van der Waals surface area contributed by atoms with Crippen LogP contribution in [-0.2, 0) is 4.79 Å². The zero-order chi connectivity index (χ0) is 24.1. The molecule has 1 unspecified atom stereocenters. The molecule has 3 aromatic carbocycles. The Labute approximate surface area is 213 Å². The molecule has 0 spiro atoms. The van der Waals surface area contributed by atoms with Gasteiger partial charge in [0.25, 0.3) is 5.91 Å². The summed E-state index contributed by atoms with van der Waals surface area (Å²) in [5.41, 5.74) is 2.32. The van der Waals surface area contributed by atoms with Gasteiger partial charge in [0.05, 0.1) is 11.6 Å². The number of ketones is 1. The van der Waals surface area contributed by atoms with Gasteiger partial charge in [-0.25, -0.2) is 0 Å². The monoisotopic (exact) mass is 555 g/mol. The van der Waals surface area contributed by atoms with Crippen LogP contribution in [0.2, 0.25) is 10.0 Å². The number of benzene rings is 3. The number of fused-ring (bicyclic) bond motifs is 1. The maximum atomic E-state index is 13.7. The van der Waals surface area contributed by atoms with Crippen molar-refractivity contribution in [2.75, 3.05) is 4.90 Å². The number of anilines is 1. The lowest BCUT2D eigenvalue weighted by molar-refractivity contribution is -0.117. The quantitative estimate of drug-likeness (QED) is 0.263. The molecule has 0 radical (unpaired) electrons. The molecule has 5 rings (SSSR count). The van der Waals surface area contributed by atoms with Gasteiger partial charge >= 0.3 is 0 Å². The van der Waals surface area contributed by atoms with Gasteiger partial charge in [-0.1, -0.05) is 63.4 Å². The summed E-state index contributed by atoms with van der Waals surface area (Å²) in [5.74, 6) is -1.93. The van der Waals surface area contributed by atoms with Gasteiger partial charge in [-0.05, 0) is 60.5 Å². The number of hydrogen-bond acceptors (Lipinski definition) is 4. The molecule has 1 N–H and O–H groups in total. The largest absolute Gasteiger partial charge is 0.503 e. The van der Waals surface area contributed by atoms with Crippen molar-refractivity contribution in [2.45, 2.75) is 13.0 Å². The first-order valence-corrected chi connectivity index (χ1v) is 11.8. The Morgan fingerprint density at radius 1 is 1.03 bits per heavy atom. The molecule has 34 heavy (non-hydrogen) atoms. The second-order valence-corrected chi connectivity index (χ2v) is 9.73. The van der Waals surface area contributed by atoms with E-state index in [2.05, 4.69) is 15.9 Å². The van der Waals surface area contributed by atoms with Crippen LogP contribution >= 0.6 is 39.1 Å². The van der Waals surface area contributed by atoms with Gasteiger partial charge in [-0.3, -0.25) is 14.5 Å². The van der Waals surface area contributed by atoms with Crippen molar-refractivity contribution in [2.24, 2.45) is 0 Å². The van der Waals surface area contributed by atoms with Gasteiger partial charge in [-0.2, -0.15) is 0 Å². The number of aliphatic hydroxyl groups is 1. The van der Waals surface area contributed by atoms with Crippen LogP contribution in [0.3, 0.4) is 0 Å². The second kappa shape index (κ2) is 8.62. The van der Waals surface area contributed by atoms with Crippen molar-refractivity contribution in [3.8, 4) is 0 Å². The number of aryl methyl sites for hydroxylation is 1. The van der Waals surface area contributed by atoms with Crippen molar-refractivity contribution in [1.82, 2.24) is 0 Å². The zero-order valence-corrected chi connectivity index (χ0v) is 20.8. The van der Waals surface area contributed by atoms with Crippen LogP contribution in [0.5, 0.6) is 0 Å². The summed E-state index contributed by atoms with van der Waals surface area (Å²) in [6, 6.07) is 18.1. The fraction of sp³-hybridized carbons (Fsp3) is 0.0769. The number of Topliss-reactive ketones (excluding diaryl/α,β-unsaturated/α-hetero) is 1. The SMILES string of the molecule is Cc1ccccc1C1C(C(=O)c2cc3cc(Br)ccc3o2)=C(O)C(=O)N1c1cc(Cl)cc(Cl)c1. The van der Waals surface area contributed by atoms with Gasteiger partial charge in [0.2, 0.25) is 5.78 Å². The maximum Gasteiger partial charge on any atom is 0.294 e. The van der Waals surface area contributed by atoms with Crippen molar-refractivity contribution >= 4 is 67.5 Å². The summed E-state index contributed by atoms with van der Waals surface area (Å²) >= 11 is 15.8. The molecule has 0 fully saturated rings. The summed E-state index contributed by atoms with van der Waals surface area (Å²) in [7, 11) is 0. The third kappa shape index (κ3) is 3.82. The lowest BCUT2D eigenvalue weighted by Gasteiger charge is -2.28. The van der Waals surface area contributed by atoms with E-state index < -0.39 is 23.5 Å². The molecule has 0 saturated carbocycles. The summed E-state index contributed by atoms with van der Waals surface area (Å²) in [6.45, 7) is 1.87. The Bertz CT molecular complexity index is 1500. The number of hydrogen-bond donors (Lipinski definition) is 1. The highest BCUT2D eigenvalue weighted by atomic mass is 79.9. The van der Waals surface area contributed by atoms with E-state index in [1.165, 1.54) is 4.90 Å². The molecule has 1 aliphatic rings. The van der Waals surface area contributed by atoms with E-state index >= 15 is 0 Å². The zero-order valence-electron chi connectivity index (χ0n) is 17.7. The predicted octanol–water partition coefficient (Wildman–Crippen LogP) is 7.59. The van der Waals surface area contributed by atoms with E-state index in [1.807, 2.05) is 37.3 Å². The number of aliphatic hydroxyl groups excluding tert-OH is 1. The average Bonchev–Trinajstić information content (AvgIpc) is 3.31. The first kappa shape index (κ1) is 22.7. The van der Waals surface area contributed by atoms with Crippen molar-refractivity contribution in [1.29, 1.82) is 0 Å². The lowest BCUT2D eigenvalue weighted by Crippen LogP contribution is -2.31. The molecular formula is C26H16BrCl2NO4. The molecule has 1 aromatic heterocycles. The predicted molar refractivity (Wildman–Crippen MR) is 136 cm³/mol. The highest BCUT2D eigenvalue weighted by Gasteiger charge is 2.46. The number of halogens is 3. The number of rotatable bonds is 4. The highest BCUT2D eigenvalue weighted by Crippen LogP contribution is 2.44. The van der Waals surface area contributed by atoms with Gasteiger partial charge in [-0.15, -0.1) is 0 Å². The standard InChI is InChI=1S/C26H16BrCl2NO4/c1-13-4-2-3-5-19(13)23-22(24(31)21-9-14-8-15(27)6-7-20(14)34-21)25(32)26(33)30(23)18-11-16(28)10-17(29)12-18/h2-12,23,32H,1H3. The number of carbonyl (C=O) groups is 2. The molecule has 2 heterocycles. The summed E-state index contributed by atoms with van der Waals surface area (Å²) < 4.78 is 6.62. The first-order chi connectivity index (χ1) is 16.2. The Hall–Kier alpha value is -3.06. The number of nitrogens with zero attached hydrogens (tertiary/aromatic N) is 1. The Morgan fingerprint density at radius 2 is 1.74 bits per heavy atom. The van der Waals surface area contributed by atoms with Crippen molar-refractivity contribution in [3.05, 3.63) is 109 Å². The summed E-state index contributed by atoms with van der Waals surface area (Å²) in [4.78, 5) is 28.4. The van der Waals surface area contributed by atoms with Crippen molar-refractivity contribution < 1.29 is 19.1 Å². The normalized spacial score (nSPS) is 16.1. The van der Waals surface area contributed by atoms with E-state index in [4.69, 9.17) is 27.6 Å². The van der Waals surface area contributed by atoms with Gasteiger partial charge in [0, 0.05) is 25.6 Å². The smallest absolute Gasteiger partial charge is 0.294 e. The second-order valence-electron chi connectivity index (χ2n) is 7.95. The number of furan rings is 1.